The largest absolute Gasteiger partial charge is 0.326 e. The van der Waals surface area contributed by atoms with Gasteiger partial charge in [0.15, 0.2) is 10.8 Å². The molecule has 0 radical (unpaired) electrons. The maximum absolute atomic E-state index is 5.10. The van der Waals surface area contributed by atoms with Gasteiger partial charge in [0, 0.05) is 23.8 Å². The molecule has 0 spiro atoms. The molecule has 2 aromatic rings. The van der Waals surface area contributed by atoms with Crippen molar-refractivity contribution in [1.82, 2.24) is 19.9 Å². The first-order valence-corrected chi connectivity index (χ1v) is 15.3. The van der Waals surface area contributed by atoms with E-state index in [0.717, 1.165) is 48.3 Å². The highest BCUT2D eigenvalue weighted by Crippen LogP contribution is 2.33. The highest BCUT2D eigenvalue weighted by molar-refractivity contribution is 7.99. The van der Waals surface area contributed by atoms with E-state index < -0.39 is 0 Å². The minimum Gasteiger partial charge on any atom is -0.326 e. The molecule has 1 atom stereocenters. The molecule has 194 valence electrons. The predicted octanol–water partition coefficient (Wildman–Crippen LogP) is 8.25. The average molecular weight is 515 g/mol. The van der Waals surface area contributed by atoms with E-state index in [1.807, 2.05) is 25.4 Å². The van der Waals surface area contributed by atoms with Crippen LogP contribution < -0.4 is 5.32 Å². The first kappa shape index (κ1) is 29.6. The third-order valence-electron chi connectivity index (χ3n) is 6.22. The summed E-state index contributed by atoms with van der Waals surface area (Å²) < 4.78 is 2.44. The highest BCUT2D eigenvalue weighted by atomic mass is 32.2. The van der Waals surface area contributed by atoms with Crippen LogP contribution in [0.4, 0.5) is 0 Å². The third-order valence-corrected chi connectivity index (χ3v) is 8.13. The number of thiazole rings is 1. The van der Waals surface area contributed by atoms with Crippen LogP contribution in [0.2, 0.25) is 0 Å². The van der Waals surface area contributed by atoms with Gasteiger partial charge in [0.2, 0.25) is 0 Å². The Morgan fingerprint density at radius 3 is 2.57 bits per heavy atom. The lowest BCUT2D eigenvalue weighted by Crippen LogP contribution is -2.20. The normalized spacial score (nSPS) is 16.1. The Balaban J connectivity index is 0.00000137. The first-order valence-electron chi connectivity index (χ1n) is 13.3. The average Bonchev–Trinajstić information content (AvgIpc) is 3.50. The molecule has 4 nitrogen and oxygen atoms in total. The lowest BCUT2D eigenvalue weighted by atomic mass is 9.96. The lowest BCUT2D eigenvalue weighted by molar-refractivity contribution is 0.413. The quantitative estimate of drug-likeness (QED) is 0.307. The molecular formula is C29H46N4S2. The topological polar surface area (TPSA) is 42.7 Å². The van der Waals surface area contributed by atoms with E-state index in [0.29, 0.717) is 0 Å². The summed E-state index contributed by atoms with van der Waals surface area (Å²) in [7, 11) is 2.02. The molecule has 2 aromatic heterocycles. The van der Waals surface area contributed by atoms with E-state index in [-0.39, 0.29) is 6.04 Å². The fraction of sp³-hybridized carbons (Fsp3) is 0.586. The highest BCUT2D eigenvalue weighted by Gasteiger charge is 2.23. The maximum atomic E-state index is 5.10. The molecule has 1 saturated heterocycles. The molecule has 1 unspecified atom stereocenters. The Hall–Kier alpha value is -1.63. The summed E-state index contributed by atoms with van der Waals surface area (Å²) in [6.45, 7) is 15.8. The number of thioether (sulfide) groups is 1. The molecule has 0 bridgehead atoms. The summed E-state index contributed by atoms with van der Waals surface area (Å²) in [6, 6.07) is 0.0622. The van der Waals surface area contributed by atoms with Gasteiger partial charge in [0.05, 0.1) is 11.7 Å². The van der Waals surface area contributed by atoms with Gasteiger partial charge in [-0.3, -0.25) is 0 Å². The molecule has 3 rings (SSSR count). The second-order valence-electron chi connectivity index (χ2n) is 9.18. The van der Waals surface area contributed by atoms with Crippen LogP contribution >= 0.6 is 23.1 Å². The van der Waals surface area contributed by atoms with Crippen LogP contribution in [0.15, 0.2) is 47.5 Å². The third kappa shape index (κ3) is 8.47. The number of hydrogen-bond acceptors (Lipinski definition) is 5. The Kier molecular flexibility index (Phi) is 13.7. The van der Waals surface area contributed by atoms with Crippen LogP contribution in [-0.2, 0) is 13.0 Å². The van der Waals surface area contributed by atoms with Gasteiger partial charge in [-0.15, -0.1) is 11.3 Å². The van der Waals surface area contributed by atoms with Gasteiger partial charge < -0.3 is 9.88 Å². The number of hydrogen-bond donors (Lipinski definition) is 1. The van der Waals surface area contributed by atoms with Crippen LogP contribution in [0.5, 0.6) is 0 Å². The van der Waals surface area contributed by atoms with Crippen molar-refractivity contribution in [3.63, 3.8) is 0 Å². The van der Waals surface area contributed by atoms with Gasteiger partial charge in [-0.2, -0.15) is 11.8 Å². The van der Waals surface area contributed by atoms with Crippen molar-refractivity contribution in [1.29, 1.82) is 0 Å². The molecular weight excluding hydrogens is 468 g/mol. The number of allylic oxidation sites excluding steroid dienone is 3. The van der Waals surface area contributed by atoms with Crippen LogP contribution in [-0.4, -0.2) is 33.1 Å². The van der Waals surface area contributed by atoms with Crippen LogP contribution in [0.3, 0.4) is 0 Å². The molecule has 0 saturated carbocycles. The summed E-state index contributed by atoms with van der Waals surface area (Å²) in [6.07, 6.45) is 15.2. The van der Waals surface area contributed by atoms with Gasteiger partial charge in [0.1, 0.15) is 0 Å². The summed E-state index contributed by atoms with van der Waals surface area (Å²) in [5.74, 6) is 4.34. The van der Waals surface area contributed by atoms with Crippen LogP contribution in [0.1, 0.15) is 84.2 Å². The van der Waals surface area contributed by atoms with Gasteiger partial charge in [-0.1, -0.05) is 70.9 Å². The number of nitrogens with one attached hydrogen (secondary N) is 1. The van der Waals surface area contributed by atoms with Crippen molar-refractivity contribution in [2.24, 2.45) is 5.92 Å². The van der Waals surface area contributed by atoms with Crippen LogP contribution in [0, 0.1) is 5.92 Å². The van der Waals surface area contributed by atoms with Gasteiger partial charge in [0.25, 0.3) is 0 Å². The first-order chi connectivity index (χ1) is 17.0. The molecule has 1 fully saturated rings. The number of rotatable bonds is 11. The molecule has 0 amide bonds. The molecule has 6 heteroatoms. The molecule has 0 aliphatic carbocycles. The van der Waals surface area contributed by atoms with Gasteiger partial charge >= 0.3 is 0 Å². The summed E-state index contributed by atoms with van der Waals surface area (Å²) in [4.78, 5) is 9.93. The van der Waals surface area contributed by atoms with Crippen molar-refractivity contribution >= 4 is 23.1 Å². The number of imidazole rings is 1. The van der Waals surface area contributed by atoms with E-state index in [2.05, 4.69) is 74.3 Å². The second-order valence-corrected chi connectivity index (χ2v) is 11.3. The Morgan fingerprint density at radius 1 is 1.26 bits per heavy atom. The van der Waals surface area contributed by atoms with Crippen molar-refractivity contribution < 1.29 is 0 Å². The summed E-state index contributed by atoms with van der Waals surface area (Å²) in [5.41, 5.74) is 5.05. The molecule has 0 aromatic carbocycles. The standard InChI is InChI=1S/C26H38N4S2.C3H8/c1-6-9-11-22(19(4)10-7-2)24(27-5)23-18-32-26(29-23)25-28-16-21(8-3)30(25)17-20-12-14-31-15-13-20;1-3-2/h6,9,11,16,18,20,24,27H,1,7-8,10,12-15,17H2,2-5H3;3H2,1-2H3/b11-9-,22-19-;. The Labute approximate surface area is 222 Å². The molecule has 1 aliphatic rings. The van der Waals surface area contributed by atoms with Crippen molar-refractivity contribution in [2.75, 3.05) is 18.6 Å². The molecule has 1 aliphatic heterocycles. The lowest BCUT2D eigenvalue weighted by Gasteiger charge is -2.23. The smallest absolute Gasteiger partial charge is 0.169 e. The van der Waals surface area contributed by atoms with E-state index in [9.17, 15) is 0 Å². The van der Waals surface area contributed by atoms with Gasteiger partial charge in [-0.25, -0.2) is 9.97 Å². The predicted molar refractivity (Wildman–Crippen MR) is 157 cm³/mol. The van der Waals surface area contributed by atoms with Crippen molar-refractivity contribution in [2.45, 2.75) is 85.7 Å². The number of likely N-dealkylation sites (N-methyl/N-ethyl adjacent to an activating group) is 1. The fourth-order valence-corrected chi connectivity index (χ4v) is 6.47. The zero-order valence-electron chi connectivity index (χ0n) is 22.8. The van der Waals surface area contributed by atoms with E-state index >= 15 is 0 Å². The maximum Gasteiger partial charge on any atom is 0.169 e. The second kappa shape index (κ2) is 16.2. The van der Waals surface area contributed by atoms with E-state index in [1.54, 1.807) is 11.3 Å². The number of aromatic nitrogens is 3. The van der Waals surface area contributed by atoms with Crippen LogP contribution in [0.25, 0.3) is 10.8 Å². The molecule has 35 heavy (non-hydrogen) atoms. The minimum atomic E-state index is 0.0622. The minimum absolute atomic E-state index is 0.0622. The molecule has 1 N–H and O–H groups in total. The van der Waals surface area contributed by atoms with E-state index in [4.69, 9.17) is 9.97 Å². The summed E-state index contributed by atoms with van der Waals surface area (Å²) >= 11 is 3.79. The SMILES string of the molecule is C=C/C=C\C(=C(/C)CCC)C(NC)c1csc(-c2ncc(CC)n2CC2CCSCC2)n1.CCC. The van der Waals surface area contributed by atoms with Crippen molar-refractivity contribution in [3.05, 3.63) is 58.9 Å². The zero-order chi connectivity index (χ0) is 25.6. The van der Waals surface area contributed by atoms with Crippen molar-refractivity contribution in [3.8, 4) is 10.8 Å². The zero-order valence-corrected chi connectivity index (χ0v) is 24.4. The Morgan fingerprint density at radius 2 is 1.97 bits per heavy atom. The summed E-state index contributed by atoms with van der Waals surface area (Å²) in [5, 5.41) is 6.71. The number of aryl methyl sites for hydroxylation is 1. The van der Waals surface area contributed by atoms with E-state index in [1.165, 1.54) is 47.6 Å². The number of nitrogens with zero attached hydrogens (tertiary/aromatic N) is 3. The fourth-order valence-electron chi connectivity index (χ4n) is 4.41. The monoisotopic (exact) mass is 514 g/mol. The Bertz CT molecular complexity index is 948. The molecule has 3 heterocycles. The van der Waals surface area contributed by atoms with Gasteiger partial charge in [-0.05, 0) is 62.7 Å².